The first-order valence-corrected chi connectivity index (χ1v) is 6.29. The Labute approximate surface area is 105 Å². The Morgan fingerprint density at radius 3 is 2.44 bits per heavy atom. The molecule has 2 fully saturated rings. The average molecular weight is 252 g/mol. The van der Waals surface area contributed by atoms with E-state index in [1.807, 2.05) is 0 Å². The van der Waals surface area contributed by atoms with Gasteiger partial charge in [0.15, 0.2) is 0 Å². The molecule has 0 radical (unpaired) electrons. The van der Waals surface area contributed by atoms with Crippen molar-refractivity contribution < 1.29 is 13.9 Å². The lowest BCUT2D eigenvalue weighted by Crippen LogP contribution is -2.59. The fourth-order valence-corrected chi connectivity index (χ4v) is 2.60. The van der Waals surface area contributed by atoms with Crippen LogP contribution in [0.15, 0.2) is 24.3 Å². The van der Waals surface area contributed by atoms with Crippen molar-refractivity contribution in [1.82, 2.24) is 10.6 Å². The van der Waals surface area contributed by atoms with Gasteiger partial charge < -0.3 is 20.1 Å². The number of nitrogens with one attached hydrogen (secondary N) is 2. The summed E-state index contributed by atoms with van der Waals surface area (Å²) < 4.78 is 24.7. The van der Waals surface area contributed by atoms with E-state index < -0.39 is 5.79 Å². The Morgan fingerprint density at radius 1 is 1.11 bits per heavy atom. The first-order chi connectivity index (χ1) is 8.81. The van der Waals surface area contributed by atoms with Gasteiger partial charge in [0.25, 0.3) is 0 Å². The van der Waals surface area contributed by atoms with Crippen LogP contribution in [0.4, 0.5) is 4.39 Å². The third-order valence-electron chi connectivity index (χ3n) is 3.46. The second-order valence-electron chi connectivity index (χ2n) is 4.58. The van der Waals surface area contributed by atoms with E-state index in [-0.39, 0.29) is 11.9 Å². The predicted molar refractivity (Wildman–Crippen MR) is 64.6 cm³/mol. The molecule has 3 rings (SSSR count). The summed E-state index contributed by atoms with van der Waals surface area (Å²) >= 11 is 0. The molecule has 5 heteroatoms. The first kappa shape index (κ1) is 12.0. The van der Waals surface area contributed by atoms with Gasteiger partial charge in [-0.25, -0.2) is 4.39 Å². The maximum atomic E-state index is 13.0. The van der Waals surface area contributed by atoms with Crippen molar-refractivity contribution in [3.05, 3.63) is 35.6 Å². The topological polar surface area (TPSA) is 42.5 Å². The molecule has 2 heterocycles. The molecular formula is C13H17FN2O2. The molecule has 1 atom stereocenters. The summed E-state index contributed by atoms with van der Waals surface area (Å²) in [7, 11) is 0. The lowest BCUT2D eigenvalue weighted by molar-refractivity contribution is -0.189. The molecule has 1 aromatic rings. The molecule has 0 saturated carbocycles. The van der Waals surface area contributed by atoms with Crippen molar-refractivity contribution in [1.29, 1.82) is 0 Å². The Balaban J connectivity index is 1.92. The molecule has 0 aliphatic carbocycles. The van der Waals surface area contributed by atoms with Crippen molar-refractivity contribution in [3.8, 4) is 0 Å². The van der Waals surface area contributed by atoms with Crippen LogP contribution < -0.4 is 10.6 Å². The van der Waals surface area contributed by atoms with Gasteiger partial charge in [-0.15, -0.1) is 0 Å². The van der Waals surface area contributed by atoms with E-state index in [1.54, 1.807) is 12.1 Å². The van der Waals surface area contributed by atoms with Crippen LogP contribution in [-0.2, 0) is 15.3 Å². The Morgan fingerprint density at radius 2 is 1.83 bits per heavy atom. The van der Waals surface area contributed by atoms with Gasteiger partial charge in [0.05, 0.1) is 19.3 Å². The standard InChI is InChI=1S/C13H17FN2O2/c14-11-3-1-10(2-4-11)13(17-7-8-18-13)12-9-15-5-6-16-12/h1-4,12,15-16H,5-9H2. The molecule has 18 heavy (non-hydrogen) atoms. The number of hydrogen-bond donors (Lipinski definition) is 2. The highest BCUT2D eigenvalue weighted by Crippen LogP contribution is 2.35. The normalized spacial score (nSPS) is 27.3. The number of piperazine rings is 1. The van der Waals surface area contributed by atoms with Crippen LogP contribution in [0, 0.1) is 5.82 Å². The van der Waals surface area contributed by atoms with Gasteiger partial charge in [0.2, 0.25) is 5.79 Å². The number of rotatable bonds is 2. The van der Waals surface area contributed by atoms with Crippen LogP contribution in [0.2, 0.25) is 0 Å². The fraction of sp³-hybridized carbons (Fsp3) is 0.538. The smallest absolute Gasteiger partial charge is 0.212 e. The van der Waals surface area contributed by atoms with E-state index in [1.165, 1.54) is 12.1 Å². The molecule has 0 spiro atoms. The Kier molecular flexibility index (Phi) is 3.30. The highest BCUT2D eigenvalue weighted by atomic mass is 19.1. The molecule has 4 nitrogen and oxygen atoms in total. The third-order valence-corrected chi connectivity index (χ3v) is 3.46. The summed E-state index contributed by atoms with van der Waals surface area (Å²) in [4.78, 5) is 0. The lowest BCUT2D eigenvalue weighted by Gasteiger charge is -2.38. The molecule has 2 aliphatic heterocycles. The summed E-state index contributed by atoms with van der Waals surface area (Å²) in [6.07, 6.45) is 0. The van der Waals surface area contributed by atoms with Crippen LogP contribution >= 0.6 is 0 Å². The molecule has 2 N–H and O–H groups in total. The van der Waals surface area contributed by atoms with Crippen LogP contribution in [0.1, 0.15) is 5.56 Å². The average Bonchev–Trinajstić information content (AvgIpc) is 2.91. The summed E-state index contributed by atoms with van der Waals surface area (Å²) in [5.74, 6) is -1.04. The zero-order valence-corrected chi connectivity index (χ0v) is 10.1. The van der Waals surface area contributed by atoms with Crippen LogP contribution in [0.25, 0.3) is 0 Å². The fourth-order valence-electron chi connectivity index (χ4n) is 2.60. The predicted octanol–water partition coefficient (Wildman–Crippen LogP) is 0.587. The molecule has 98 valence electrons. The monoisotopic (exact) mass is 252 g/mol. The zero-order valence-electron chi connectivity index (χ0n) is 10.1. The van der Waals surface area contributed by atoms with E-state index in [0.29, 0.717) is 13.2 Å². The van der Waals surface area contributed by atoms with Crippen molar-refractivity contribution in [2.24, 2.45) is 0 Å². The van der Waals surface area contributed by atoms with Crippen molar-refractivity contribution in [2.75, 3.05) is 32.8 Å². The summed E-state index contributed by atoms with van der Waals surface area (Å²) in [6, 6.07) is 6.39. The summed E-state index contributed by atoms with van der Waals surface area (Å²) in [5.41, 5.74) is 0.864. The molecule has 0 aromatic heterocycles. The number of hydrogen-bond acceptors (Lipinski definition) is 4. The maximum absolute atomic E-state index is 13.0. The minimum absolute atomic E-state index is 0.0409. The van der Waals surface area contributed by atoms with Crippen molar-refractivity contribution in [2.45, 2.75) is 11.8 Å². The van der Waals surface area contributed by atoms with E-state index >= 15 is 0 Å². The maximum Gasteiger partial charge on any atom is 0.212 e. The highest BCUT2D eigenvalue weighted by molar-refractivity contribution is 5.24. The SMILES string of the molecule is Fc1ccc(C2(C3CNCCN3)OCCO2)cc1. The minimum Gasteiger partial charge on any atom is -0.342 e. The minimum atomic E-state index is -0.791. The number of halogens is 1. The van der Waals surface area contributed by atoms with Gasteiger partial charge in [-0.05, 0) is 12.1 Å². The molecular weight excluding hydrogens is 235 g/mol. The van der Waals surface area contributed by atoms with Gasteiger partial charge in [-0.2, -0.15) is 0 Å². The molecule has 2 aliphatic rings. The summed E-state index contributed by atoms with van der Waals surface area (Å²) in [5, 5.41) is 6.73. The van der Waals surface area contributed by atoms with E-state index in [4.69, 9.17) is 9.47 Å². The highest BCUT2D eigenvalue weighted by Gasteiger charge is 2.46. The van der Waals surface area contributed by atoms with Gasteiger partial charge in [-0.1, -0.05) is 12.1 Å². The zero-order chi connectivity index (χ0) is 12.4. The summed E-state index contributed by atoms with van der Waals surface area (Å²) in [6.45, 7) is 3.72. The van der Waals surface area contributed by atoms with E-state index in [9.17, 15) is 4.39 Å². The van der Waals surface area contributed by atoms with Gasteiger partial charge in [-0.3, -0.25) is 0 Å². The van der Waals surface area contributed by atoms with Gasteiger partial charge in [0, 0.05) is 25.2 Å². The van der Waals surface area contributed by atoms with Crippen molar-refractivity contribution in [3.63, 3.8) is 0 Å². The molecule has 2 saturated heterocycles. The van der Waals surface area contributed by atoms with Gasteiger partial charge >= 0.3 is 0 Å². The Hall–Kier alpha value is -1.01. The second-order valence-corrected chi connectivity index (χ2v) is 4.58. The van der Waals surface area contributed by atoms with E-state index in [2.05, 4.69) is 10.6 Å². The lowest BCUT2D eigenvalue weighted by atomic mass is 9.96. The van der Waals surface area contributed by atoms with Crippen molar-refractivity contribution >= 4 is 0 Å². The van der Waals surface area contributed by atoms with Crippen LogP contribution in [-0.4, -0.2) is 38.9 Å². The quantitative estimate of drug-likeness (QED) is 0.808. The number of ether oxygens (including phenoxy) is 2. The molecule has 0 amide bonds. The molecule has 1 aromatic carbocycles. The van der Waals surface area contributed by atoms with E-state index in [0.717, 1.165) is 25.2 Å². The van der Waals surface area contributed by atoms with Crippen LogP contribution in [0.3, 0.4) is 0 Å². The third kappa shape index (κ3) is 2.03. The second kappa shape index (κ2) is 4.93. The molecule has 0 bridgehead atoms. The van der Waals surface area contributed by atoms with Gasteiger partial charge in [0.1, 0.15) is 5.82 Å². The number of benzene rings is 1. The Bertz CT molecular complexity index is 398. The molecule has 1 unspecified atom stereocenters. The first-order valence-electron chi connectivity index (χ1n) is 6.29. The largest absolute Gasteiger partial charge is 0.342 e. The van der Waals surface area contributed by atoms with Crippen LogP contribution in [0.5, 0.6) is 0 Å².